The smallest absolute Gasteiger partial charge is 0.297 e. The van der Waals surface area contributed by atoms with Crippen LogP contribution in [0, 0.1) is 5.41 Å². The summed E-state index contributed by atoms with van der Waals surface area (Å²) in [6, 6.07) is 8.08. The van der Waals surface area contributed by atoms with Crippen molar-refractivity contribution < 1.29 is 9.21 Å². The highest BCUT2D eigenvalue weighted by molar-refractivity contribution is 6.30. The van der Waals surface area contributed by atoms with Crippen molar-refractivity contribution in [1.82, 2.24) is 9.88 Å². The predicted octanol–water partition coefficient (Wildman–Crippen LogP) is 3.69. The Morgan fingerprint density at radius 2 is 1.75 bits per heavy atom. The Bertz CT molecular complexity index is 711. The van der Waals surface area contributed by atoms with Gasteiger partial charge >= 0.3 is 0 Å². The van der Waals surface area contributed by atoms with Crippen LogP contribution in [0.5, 0.6) is 0 Å². The average molecular weight is 348 g/mol. The van der Waals surface area contributed by atoms with Crippen molar-refractivity contribution in [2.45, 2.75) is 20.8 Å². The Hall–Kier alpha value is -2.01. The first-order valence-electron chi connectivity index (χ1n) is 8.11. The first-order chi connectivity index (χ1) is 11.3. The molecule has 0 atom stereocenters. The quantitative estimate of drug-likeness (QED) is 0.831. The minimum absolute atomic E-state index is 0.191. The predicted molar refractivity (Wildman–Crippen MR) is 95.2 cm³/mol. The highest BCUT2D eigenvalue weighted by Crippen LogP contribution is 2.27. The molecule has 0 aliphatic carbocycles. The number of carbonyl (C=O) groups excluding carboxylic acids is 1. The fourth-order valence-corrected chi connectivity index (χ4v) is 2.86. The maximum atomic E-state index is 12.3. The number of anilines is 1. The molecule has 3 rings (SSSR count). The van der Waals surface area contributed by atoms with Gasteiger partial charge in [-0.05, 0) is 24.3 Å². The minimum Gasteiger partial charge on any atom is -0.423 e. The molecule has 1 aliphatic heterocycles. The lowest BCUT2D eigenvalue weighted by molar-refractivity contribution is -0.139. The first kappa shape index (κ1) is 16.8. The van der Waals surface area contributed by atoms with Gasteiger partial charge in [-0.2, -0.15) is 0 Å². The molecule has 128 valence electrons. The van der Waals surface area contributed by atoms with Crippen LogP contribution < -0.4 is 4.90 Å². The van der Waals surface area contributed by atoms with Gasteiger partial charge in [0.2, 0.25) is 5.91 Å². The molecule has 2 aromatic rings. The number of benzene rings is 1. The van der Waals surface area contributed by atoms with Gasteiger partial charge in [-0.25, -0.2) is 4.98 Å². The fraction of sp³-hybridized carbons (Fsp3) is 0.444. The zero-order chi connectivity index (χ0) is 17.3. The summed E-state index contributed by atoms with van der Waals surface area (Å²) < 4.78 is 5.88. The molecule has 1 saturated heterocycles. The maximum absolute atomic E-state index is 12.3. The van der Waals surface area contributed by atoms with E-state index in [0.29, 0.717) is 24.1 Å². The van der Waals surface area contributed by atoms with E-state index in [-0.39, 0.29) is 11.3 Å². The van der Waals surface area contributed by atoms with E-state index in [2.05, 4.69) is 9.88 Å². The third-order valence-electron chi connectivity index (χ3n) is 4.10. The molecule has 1 aliphatic rings. The molecule has 2 heterocycles. The number of oxazole rings is 1. The Labute approximate surface area is 147 Å². The number of rotatable bonds is 2. The van der Waals surface area contributed by atoms with Crippen LogP contribution in [0.3, 0.4) is 0 Å². The Kier molecular flexibility index (Phi) is 4.54. The molecule has 1 amide bonds. The normalized spacial score (nSPS) is 15.7. The van der Waals surface area contributed by atoms with E-state index in [1.165, 1.54) is 0 Å². The van der Waals surface area contributed by atoms with E-state index in [1.54, 1.807) is 6.20 Å². The Morgan fingerprint density at radius 1 is 1.12 bits per heavy atom. The van der Waals surface area contributed by atoms with Crippen molar-refractivity contribution in [2.75, 3.05) is 31.1 Å². The second-order valence-corrected chi connectivity index (χ2v) is 7.48. The summed E-state index contributed by atoms with van der Waals surface area (Å²) in [4.78, 5) is 20.7. The van der Waals surface area contributed by atoms with E-state index >= 15 is 0 Å². The van der Waals surface area contributed by atoms with Crippen molar-refractivity contribution in [3.8, 4) is 11.3 Å². The summed E-state index contributed by atoms with van der Waals surface area (Å²) in [6.07, 6.45) is 1.73. The second kappa shape index (κ2) is 6.48. The number of hydrogen-bond donors (Lipinski definition) is 0. The summed E-state index contributed by atoms with van der Waals surface area (Å²) >= 11 is 5.91. The van der Waals surface area contributed by atoms with E-state index in [0.717, 1.165) is 24.4 Å². The molecule has 0 radical (unpaired) electrons. The van der Waals surface area contributed by atoms with E-state index in [1.807, 2.05) is 49.9 Å². The first-order valence-corrected chi connectivity index (χ1v) is 8.48. The molecule has 0 bridgehead atoms. The number of nitrogens with zero attached hydrogens (tertiary/aromatic N) is 3. The molecule has 1 fully saturated rings. The van der Waals surface area contributed by atoms with E-state index < -0.39 is 0 Å². The molecule has 1 aromatic heterocycles. The summed E-state index contributed by atoms with van der Waals surface area (Å²) in [7, 11) is 0. The lowest BCUT2D eigenvalue weighted by Gasteiger charge is -2.37. The number of halogens is 1. The molecule has 0 unspecified atom stereocenters. The highest BCUT2D eigenvalue weighted by atomic mass is 35.5. The van der Waals surface area contributed by atoms with Gasteiger partial charge in [-0.15, -0.1) is 0 Å². The highest BCUT2D eigenvalue weighted by Gasteiger charge is 2.30. The molecule has 0 N–H and O–H groups in total. The molecule has 5 nitrogen and oxygen atoms in total. The minimum atomic E-state index is -0.340. The zero-order valence-corrected chi connectivity index (χ0v) is 15.0. The monoisotopic (exact) mass is 347 g/mol. The van der Waals surface area contributed by atoms with Crippen molar-refractivity contribution in [2.24, 2.45) is 5.41 Å². The van der Waals surface area contributed by atoms with Gasteiger partial charge in [0.05, 0.1) is 6.20 Å². The second-order valence-electron chi connectivity index (χ2n) is 7.04. The molecular weight excluding hydrogens is 326 g/mol. The van der Waals surface area contributed by atoms with Crippen molar-refractivity contribution in [1.29, 1.82) is 0 Å². The van der Waals surface area contributed by atoms with Gasteiger partial charge in [0.15, 0.2) is 5.76 Å². The van der Waals surface area contributed by atoms with Gasteiger partial charge < -0.3 is 14.2 Å². The third-order valence-corrected chi connectivity index (χ3v) is 4.35. The Balaban J connectivity index is 1.65. The van der Waals surface area contributed by atoms with Gasteiger partial charge in [0.1, 0.15) is 0 Å². The molecule has 0 spiro atoms. The van der Waals surface area contributed by atoms with Gasteiger partial charge in [-0.3, -0.25) is 4.79 Å². The lowest BCUT2D eigenvalue weighted by atomic mass is 9.94. The molecule has 24 heavy (non-hydrogen) atoms. The van der Waals surface area contributed by atoms with E-state index in [4.69, 9.17) is 16.0 Å². The number of hydrogen-bond acceptors (Lipinski definition) is 4. The van der Waals surface area contributed by atoms with Crippen molar-refractivity contribution in [3.63, 3.8) is 0 Å². The van der Waals surface area contributed by atoms with Crippen LogP contribution in [0.4, 0.5) is 6.01 Å². The van der Waals surface area contributed by atoms with Crippen molar-refractivity contribution >= 4 is 23.5 Å². The number of aromatic nitrogens is 1. The van der Waals surface area contributed by atoms with Crippen LogP contribution in [-0.2, 0) is 4.79 Å². The van der Waals surface area contributed by atoms with Gasteiger partial charge in [0.25, 0.3) is 6.01 Å². The maximum Gasteiger partial charge on any atom is 0.297 e. The fourth-order valence-electron chi connectivity index (χ4n) is 2.73. The Morgan fingerprint density at radius 3 is 2.33 bits per heavy atom. The summed E-state index contributed by atoms with van der Waals surface area (Å²) in [6.45, 7) is 8.69. The van der Waals surface area contributed by atoms with Crippen LogP contribution >= 0.6 is 11.6 Å². The molecule has 0 saturated carbocycles. The van der Waals surface area contributed by atoms with Crippen LogP contribution in [-0.4, -0.2) is 42.0 Å². The van der Waals surface area contributed by atoms with Crippen LogP contribution in [0.1, 0.15) is 20.8 Å². The number of amides is 1. The summed E-state index contributed by atoms with van der Waals surface area (Å²) in [5.74, 6) is 0.909. The molecule has 6 heteroatoms. The standard InChI is InChI=1S/C18H22ClN3O2/c1-18(2,3)16(23)21-8-10-22(11-9-21)17-20-12-15(24-17)13-4-6-14(19)7-5-13/h4-7,12H,8-11H2,1-3H3. The molecule has 1 aromatic carbocycles. The SMILES string of the molecule is CC(C)(C)C(=O)N1CCN(c2ncc(-c3ccc(Cl)cc3)o2)CC1. The summed E-state index contributed by atoms with van der Waals surface area (Å²) in [5.41, 5.74) is 0.604. The number of carbonyl (C=O) groups is 1. The van der Waals surface area contributed by atoms with Crippen LogP contribution in [0.25, 0.3) is 11.3 Å². The molecular formula is C18H22ClN3O2. The van der Waals surface area contributed by atoms with E-state index in [9.17, 15) is 4.79 Å². The van der Waals surface area contributed by atoms with Crippen LogP contribution in [0.15, 0.2) is 34.9 Å². The zero-order valence-electron chi connectivity index (χ0n) is 14.3. The lowest BCUT2D eigenvalue weighted by Crippen LogP contribution is -2.51. The summed E-state index contributed by atoms with van der Waals surface area (Å²) in [5, 5.41) is 0.693. The largest absolute Gasteiger partial charge is 0.423 e. The van der Waals surface area contributed by atoms with Crippen molar-refractivity contribution in [3.05, 3.63) is 35.5 Å². The number of piperazine rings is 1. The van der Waals surface area contributed by atoms with Crippen LogP contribution in [0.2, 0.25) is 5.02 Å². The average Bonchev–Trinajstić information content (AvgIpc) is 3.04. The third kappa shape index (κ3) is 3.56. The topological polar surface area (TPSA) is 49.6 Å². The van der Waals surface area contributed by atoms with Gasteiger partial charge in [-0.1, -0.05) is 32.4 Å². The van der Waals surface area contributed by atoms with Gasteiger partial charge in [0, 0.05) is 42.2 Å².